The maximum Gasteiger partial charge on any atom is 0.195 e. The second-order valence-corrected chi connectivity index (χ2v) is 16.0. The first-order valence-electron chi connectivity index (χ1n) is 17.6. The monoisotopic (exact) mass is 710 g/mol. The molecule has 2 aromatic heterocycles. The van der Waals surface area contributed by atoms with E-state index in [1.165, 1.54) is 64.3 Å². The molecule has 254 valence electrons. The van der Waals surface area contributed by atoms with Crippen LogP contribution < -0.4 is 9.80 Å². The van der Waals surface area contributed by atoms with Gasteiger partial charge in [-0.25, -0.2) is 9.97 Å². The summed E-state index contributed by atoms with van der Waals surface area (Å²) in [5.74, 6) is 0. The Bertz CT molecular complexity index is 2540. The predicted molar refractivity (Wildman–Crippen MR) is 226 cm³/mol. The van der Waals surface area contributed by atoms with Gasteiger partial charge in [0.1, 0.15) is 0 Å². The Morgan fingerprint density at radius 2 is 0.769 bits per heavy atom. The lowest BCUT2D eigenvalue weighted by atomic mass is 9.92. The summed E-state index contributed by atoms with van der Waals surface area (Å²) in [5.41, 5.74) is 14.0. The van der Waals surface area contributed by atoms with E-state index < -0.39 is 0 Å². The zero-order chi connectivity index (χ0) is 35.7. The first kappa shape index (κ1) is 32.4. The molecule has 0 aliphatic carbocycles. The Morgan fingerprint density at radius 1 is 0.385 bits per heavy atom. The van der Waals surface area contributed by atoms with Gasteiger partial charge in [-0.1, -0.05) is 71.2 Å². The van der Waals surface area contributed by atoms with Crippen molar-refractivity contribution in [2.75, 3.05) is 9.80 Å². The highest BCUT2D eigenvalue weighted by Crippen LogP contribution is 2.45. The van der Waals surface area contributed by atoms with E-state index in [0.717, 1.165) is 44.0 Å². The summed E-state index contributed by atoms with van der Waals surface area (Å²) in [4.78, 5) is 14.9. The molecule has 52 heavy (non-hydrogen) atoms. The third kappa shape index (κ3) is 5.59. The van der Waals surface area contributed by atoms with Crippen LogP contribution in [0.25, 0.3) is 42.0 Å². The van der Waals surface area contributed by atoms with E-state index in [-0.39, 0.29) is 0 Å². The Balaban J connectivity index is 1.22. The van der Waals surface area contributed by atoms with Crippen LogP contribution in [0.1, 0.15) is 33.4 Å². The molecule has 7 aromatic carbocycles. The van der Waals surface area contributed by atoms with E-state index in [9.17, 15) is 0 Å². The first-order chi connectivity index (χ1) is 25.2. The summed E-state index contributed by atoms with van der Waals surface area (Å²) in [6, 6.07) is 44.1. The molecule has 0 aliphatic heterocycles. The Labute approximate surface area is 312 Å². The molecule has 0 fully saturated rings. The van der Waals surface area contributed by atoms with Gasteiger partial charge < -0.3 is 0 Å². The SMILES string of the molecule is Cc1cc(C)cc(N(c2ccc3c(C)c4cc(N(c5cc(C)cc(C)c5)c5nc6ccccc6s5)ccc4c(C)c3c2)c2nc3ccccc3s2)c1. The molecule has 0 spiro atoms. The van der Waals surface area contributed by atoms with Gasteiger partial charge in [-0.3, -0.25) is 9.80 Å². The molecular formula is C46H38N4S2. The van der Waals surface area contributed by atoms with Gasteiger partial charge >= 0.3 is 0 Å². The molecule has 0 saturated heterocycles. The maximum absolute atomic E-state index is 5.13. The molecule has 0 saturated carbocycles. The zero-order valence-electron chi connectivity index (χ0n) is 30.2. The van der Waals surface area contributed by atoms with Crippen molar-refractivity contribution >= 4 is 97.7 Å². The van der Waals surface area contributed by atoms with Crippen LogP contribution in [0.2, 0.25) is 0 Å². The van der Waals surface area contributed by atoms with Crippen LogP contribution in [0.3, 0.4) is 0 Å². The fourth-order valence-corrected chi connectivity index (χ4v) is 9.73. The van der Waals surface area contributed by atoms with Crippen LogP contribution in [0.15, 0.2) is 121 Å². The van der Waals surface area contributed by atoms with Crippen molar-refractivity contribution in [2.24, 2.45) is 0 Å². The number of thiazole rings is 2. The van der Waals surface area contributed by atoms with Crippen LogP contribution in [-0.2, 0) is 0 Å². The summed E-state index contributed by atoms with van der Waals surface area (Å²) < 4.78 is 2.37. The average Bonchev–Trinajstić information content (AvgIpc) is 3.74. The first-order valence-corrected chi connectivity index (χ1v) is 19.3. The van der Waals surface area contributed by atoms with Crippen LogP contribution in [0, 0.1) is 41.5 Å². The number of aryl methyl sites for hydroxylation is 6. The fourth-order valence-electron chi connectivity index (χ4n) is 7.72. The molecule has 9 aromatic rings. The molecular weight excluding hydrogens is 673 g/mol. The quantitative estimate of drug-likeness (QED) is 0.161. The summed E-state index contributed by atoms with van der Waals surface area (Å²) in [6.45, 7) is 13.2. The van der Waals surface area contributed by atoms with Crippen LogP contribution in [-0.4, -0.2) is 9.97 Å². The van der Waals surface area contributed by atoms with Crippen molar-refractivity contribution in [1.29, 1.82) is 0 Å². The van der Waals surface area contributed by atoms with E-state index in [1.807, 2.05) is 0 Å². The number of hydrogen-bond donors (Lipinski definition) is 0. The third-order valence-electron chi connectivity index (χ3n) is 10.0. The van der Waals surface area contributed by atoms with Crippen LogP contribution in [0.5, 0.6) is 0 Å². The van der Waals surface area contributed by atoms with Crippen molar-refractivity contribution in [2.45, 2.75) is 41.5 Å². The number of fused-ring (bicyclic) bond motifs is 4. The molecule has 0 amide bonds. The predicted octanol–water partition coefficient (Wildman–Crippen LogP) is 14.0. The molecule has 0 atom stereocenters. The Morgan fingerprint density at radius 3 is 1.15 bits per heavy atom. The highest BCUT2D eigenvalue weighted by atomic mass is 32.1. The van der Waals surface area contributed by atoms with E-state index in [4.69, 9.17) is 9.97 Å². The van der Waals surface area contributed by atoms with Gasteiger partial charge in [0.25, 0.3) is 0 Å². The minimum atomic E-state index is 0.965. The summed E-state index contributed by atoms with van der Waals surface area (Å²) in [5, 5.41) is 6.95. The molecule has 9 rings (SSSR count). The Kier molecular flexibility index (Phi) is 7.83. The summed E-state index contributed by atoms with van der Waals surface area (Å²) in [6.07, 6.45) is 0. The molecule has 4 nitrogen and oxygen atoms in total. The number of para-hydroxylation sites is 2. The van der Waals surface area contributed by atoms with Crippen molar-refractivity contribution in [3.63, 3.8) is 0 Å². The van der Waals surface area contributed by atoms with E-state index in [2.05, 4.69) is 173 Å². The minimum Gasteiger partial charge on any atom is -0.286 e. The lowest BCUT2D eigenvalue weighted by molar-refractivity contribution is 1.23. The number of hydrogen-bond acceptors (Lipinski definition) is 6. The molecule has 0 radical (unpaired) electrons. The second kappa shape index (κ2) is 12.6. The van der Waals surface area contributed by atoms with Crippen molar-refractivity contribution < 1.29 is 0 Å². The summed E-state index contributed by atoms with van der Waals surface area (Å²) in [7, 11) is 0. The third-order valence-corrected chi connectivity index (χ3v) is 12.1. The van der Waals surface area contributed by atoms with Crippen LogP contribution in [0.4, 0.5) is 33.0 Å². The van der Waals surface area contributed by atoms with Gasteiger partial charge in [0.05, 0.1) is 20.4 Å². The summed E-state index contributed by atoms with van der Waals surface area (Å²) >= 11 is 3.46. The topological polar surface area (TPSA) is 32.3 Å². The van der Waals surface area contributed by atoms with Gasteiger partial charge in [0, 0.05) is 22.7 Å². The lowest BCUT2D eigenvalue weighted by Crippen LogP contribution is -2.11. The highest BCUT2D eigenvalue weighted by Gasteiger charge is 2.22. The molecule has 2 heterocycles. The zero-order valence-corrected chi connectivity index (χ0v) is 31.8. The van der Waals surface area contributed by atoms with Crippen molar-refractivity contribution in [1.82, 2.24) is 9.97 Å². The molecule has 0 N–H and O–H groups in total. The standard InChI is InChI=1S/C46H38N4S2/c1-27-19-28(2)22-35(21-27)49(45-47-41-11-7-9-13-43(41)51-45)33-15-17-37-32(6)40-26-34(16-18-38(40)31(5)39(37)25-33)50(36-23-29(3)20-30(4)24-36)46-48-42-12-8-10-14-44(42)52-46/h7-26H,1-6H3. The molecule has 0 unspecified atom stereocenters. The highest BCUT2D eigenvalue weighted by molar-refractivity contribution is 7.22. The fraction of sp³-hybridized carbons (Fsp3) is 0.130. The number of rotatable bonds is 6. The number of anilines is 6. The van der Waals surface area contributed by atoms with E-state index in [1.54, 1.807) is 22.7 Å². The molecule has 0 aliphatic rings. The van der Waals surface area contributed by atoms with Gasteiger partial charge in [0.15, 0.2) is 10.3 Å². The molecule has 0 bridgehead atoms. The largest absolute Gasteiger partial charge is 0.286 e. The average molecular weight is 711 g/mol. The normalized spacial score (nSPS) is 11.7. The Hall–Kier alpha value is -5.56. The molecule has 6 heteroatoms. The second-order valence-electron chi connectivity index (χ2n) is 14.0. The van der Waals surface area contributed by atoms with Gasteiger partial charge in [-0.2, -0.15) is 0 Å². The minimum absolute atomic E-state index is 0.965. The van der Waals surface area contributed by atoms with Crippen molar-refractivity contribution in [3.8, 4) is 0 Å². The lowest BCUT2D eigenvalue weighted by Gasteiger charge is -2.25. The number of benzene rings is 7. The smallest absolute Gasteiger partial charge is 0.195 e. The van der Waals surface area contributed by atoms with Gasteiger partial charge in [-0.05, 0) is 169 Å². The van der Waals surface area contributed by atoms with Gasteiger partial charge in [0.2, 0.25) is 0 Å². The van der Waals surface area contributed by atoms with Gasteiger partial charge in [-0.15, -0.1) is 0 Å². The van der Waals surface area contributed by atoms with Crippen molar-refractivity contribution in [3.05, 3.63) is 155 Å². The number of nitrogens with zero attached hydrogens (tertiary/aromatic N) is 4. The van der Waals surface area contributed by atoms with Crippen LogP contribution >= 0.6 is 22.7 Å². The van der Waals surface area contributed by atoms with E-state index in [0.29, 0.717) is 0 Å². The van der Waals surface area contributed by atoms with E-state index >= 15 is 0 Å². The number of aromatic nitrogens is 2. The maximum atomic E-state index is 5.13.